The Bertz CT molecular complexity index is 904. The molecule has 0 saturated carbocycles. The molecule has 0 aliphatic carbocycles. The minimum Gasteiger partial charge on any atom is -0.381 e. The van der Waals surface area contributed by atoms with Crippen LogP contribution in [0, 0.1) is 13.8 Å². The number of imidazole rings is 1. The molecule has 1 atom stereocenters. The van der Waals surface area contributed by atoms with Gasteiger partial charge in [0.05, 0.1) is 36.6 Å². The average molecular weight is 364 g/mol. The molecule has 3 aromatic rings. The van der Waals surface area contributed by atoms with E-state index in [0.717, 1.165) is 50.5 Å². The molecule has 2 aromatic heterocycles. The number of hydrogen-bond acceptors (Lipinski definition) is 3. The minimum absolute atomic E-state index is 0.397. The first kappa shape index (κ1) is 18.0. The highest BCUT2D eigenvalue weighted by molar-refractivity contribution is 5.62. The predicted molar refractivity (Wildman–Crippen MR) is 107 cm³/mol. The largest absolute Gasteiger partial charge is 0.381 e. The Morgan fingerprint density at radius 1 is 1.19 bits per heavy atom. The van der Waals surface area contributed by atoms with Crippen molar-refractivity contribution in [1.29, 1.82) is 0 Å². The van der Waals surface area contributed by atoms with Crippen molar-refractivity contribution in [3.05, 3.63) is 59.3 Å². The molecule has 1 aliphatic heterocycles. The Labute approximate surface area is 161 Å². The minimum atomic E-state index is 0.397. The summed E-state index contributed by atoms with van der Waals surface area (Å²) in [6, 6.07) is 10.5. The molecule has 0 bridgehead atoms. The van der Waals surface area contributed by atoms with Crippen molar-refractivity contribution in [2.45, 2.75) is 52.6 Å². The Hall–Kier alpha value is -2.40. The number of aromatic nitrogens is 4. The number of ether oxygens (including phenoxy) is 1. The summed E-state index contributed by atoms with van der Waals surface area (Å²) in [4.78, 5) is 4.81. The van der Waals surface area contributed by atoms with Gasteiger partial charge in [-0.05, 0) is 26.7 Å². The lowest BCUT2D eigenvalue weighted by Gasteiger charge is -2.15. The highest BCUT2D eigenvalue weighted by Gasteiger charge is 2.26. The van der Waals surface area contributed by atoms with E-state index < -0.39 is 0 Å². The topological polar surface area (TPSA) is 44.9 Å². The van der Waals surface area contributed by atoms with Crippen LogP contribution in [0.15, 0.2) is 36.7 Å². The normalized spacial score (nSPS) is 16.9. The molecular weight excluding hydrogens is 336 g/mol. The second-order valence-electron chi connectivity index (χ2n) is 7.41. The molecule has 27 heavy (non-hydrogen) atoms. The van der Waals surface area contributed by atoms with Crippen LogP contribution >= 0.6 is 0 Å². The van der Waals surface area contributed by atoms with Crippen LogP contribution in [0.2, 0.25) is 0 Å². The van der Waals surface area contributed by atoms with E-state index in [2.05, 4.69) is 54.3 Å². The maximum absolute atomic E-state index is 5.70. The second kappa shape index (κ2) is 7.69. The summed E-state index contributed by atoms with van der Waals surface area (Å²) >= 11 is 0. The van der Waals surface area contributed by atoms with Crippen LogP contribution in [0.3, 0.4) is 0 Å². The van der Waals surface area contributed by atoms with Crippen LogP contribution in [-0.2, 0) is 17.8 Å². The maximum atomic E-state index is 5.70. The third kappa shape index (κ3) is 3.44. The lowest BCUT2D eigenvalue weighted by Crippen LogP contribution is -2.11. The van der Waals surface area contributed by atoms with E-state index >= 15 is 0 Å². The van der Waals surface area contributed by atoms with Crippen molar-refractivity contribution in [2.75, 3.05) is 13.2 Å². The van der Waals surface area contributed by atoms with E-state index in [1.165, 1.54) is 22.5 Å². The van der Waals surface area contributed by atoms with Gasteiger partial charge in [-0.3, -0.25) is 4.68 Å². The molecule has 4 rings (SSSR count). The van der Waals surface area contributed by atoms with Gasteiger partial charge in [-0.25, -0.2) is 4.98 Å². The summed E-state index contributed by atoms with van der Waals surface area (Å²) in [5.41, 5.74) is 7.24. The fourth-order valence-electron chi connectivity index (χ4n) is 4.08. The molecule has 0 amide bonds. The smallest absolute Gasteiger partial charge is 0.0959 e. The summed E-state index contributed by atoms with van der Waals surface area (Å²) < 4.78 is 10.2. The fourth-order valence-corrected chi connectivity index (χ4v) is 4.08. The highest BCUT2D eigenvalue weighted by atomic mass is 16.5. The van der Waals surface area contributed by atoms with Gasteiger partial charge in [0, 0.05) is 35.9 Å². The van der Waals surface area contributed by atoms with Crippen LogP contribution < -0.4 is 0 Å². The molecule has 3 heterocycles. The molecule has 0 spiro atoms. The Balaban J connectivity index is 1.74. The zero-order chi connectivity index (χ0) is 18.8. The highest BCUT2D eigenvalue weighted by Crippen LogP contribution is 2.34. The molecule has 1 aromatic carbocycles. The third-order valence-electron chi connectivity index (χ3n) is 5.54. The molecule has 1 fully saturated rings. The number of benzene rings is 1. The van der Waals surface area contributed by atoms with Crippen molar-refractivity contribution in [1.82, 2.24) is 19.3 Å². The summed E-state index contributed by atoms with van der Waals surface area (Å²) in [5.74, 6) is 0.397. The Kier molecular flexibility index (Phi) is 5.12. The first-order valence-corrected chi connectivity index (χ1v) is 9.90. The van der Waals surface area contributed by atoms with E-state index in [4.69, 9.17) is 14.8 Å². The molecule has 1 aliphatic rings. The zero-order valence-electron chi connectivity index (χ0n) is 16.5. The van der Waals surface area contributed by atoms with E-state index in [1.54, 1.807) is 0 Å². The van der Waals surface area contributed by atoms with E-state index in [9.17, 15) is 0 Å². The maximum Gasteiger partial charge on any atom is 0.0959 e. The molecule has 5 heteroatoms. The Morgan fingerprint density at radius 3 is 2.70 bits per heavy atom. The van der Waals surface area contributed by atoms with Crippen LogP contribution in [-0.4, -0.2) is 32.5 Å². The van der Waals surface area contributed by atoms with Gasteiger partial charge >= 0.3 is 0 Å². The van der Waals surface area contributed by atoms with Gasteiger partial charge < -0.3 is 9.30 Å². The molecule has 5 nitrogen and oxygen atoms in total. The van der Waals surface area contributed by atoms with Crippen molar-refractivity contribution < 1.29 is 4.74 Å². The van der Waals surface area contributed by atoms with Gasteiger partial charge in [0.25, 0.3) is 0 Å². The lowest BCUT2D eigenvalue weighted by molar-refractivity contribution is 0.193. The first-order valence-electron chi connectivity index (χ1n) is 9.90. The van der Waals surface area contributed by atoms with Crippen molar-refractivity contribution in [2.24, 2.45) is 0 Å². The summed E-state index contributed by atoms with van der Waals surface area (Å²) in [5, 5.41) is 4.75. The van der Waals surface area contributed by atoms with Gasteiger partial charge in [0.2, 0.25) is 0 Å². The molecule has 1 unspecified atom stereocenters. The van der Waals surface area contributed by atoms with Crippen molar-refractivity contribution >= 4 is 0 Å². The standard InChI is InChI=1S/C22H28N4O/c1-4-11-26-17(3)20(16(2)24-26)13-25-15-23-21(18-8-6-5-7-9-18)22(25)19-10-12-27-14-19/h5-9,15,19H,4,10-14H2,1-3H3. The van der Waals surface area contributed by atoms with Crippen LogP contribution in [0.5, 0.6) is 0 Å². The number of nitrogens with zero attached hydrogens (tertiary/aromatic N) is 4. The van der Waals surface area contributed by atoms with Gasteiger partial charge in [-0.15, -0.1) is 0 Å². The molecule has 0 N–H and O–H groups in total. The molecule has 1 saturated heterocycles. The number of aryl methyl sites for hydroxylation is 2. The van der Waals surface area contributed by atoms with Crippen LogP contribution in [0.4, 0.5) is 0 Å². The summed E-state index contributed by atoms with van der Waals surface area (Å²) in [6.07, 6.45) is 4.14. The second-order valence-corrected chi connectivity index (χ2v) is 7.41. The summed E-state index contributed by atoms with van der Waals surface area (Å²) in [6.45, 7) is 9.87. The van der Waals surface area contributed by atoms with Crippen LogP contribution in [0.25, 0.3) is 11.3 Å². The van der Waals surface area contributed by atoms with E-state index in [1.807, 2.05) is 12.4 Å². The lowest BCUT2D eigenvalue weighted by atomic mass is 9.99. The monoisotopic (exact) mass is 364 g/mol. The van der Waals surface area contributed by atoms with Crippen molar-refractivity contribution in [3.63, 3.8) is 0 Å². The SMILES string of the molecule is CCCn1nc(C)c(Cn2cnc(-c3ccccc3)c2C2CCOC2)c1C. The quantitative estimate of drug-likeness (QED) is 0.654. The van der Waals surface area contributed by atoms with Gasteiger partial charge in [0.15, 0.2) is 0 Å². The zero-order valence-corrected chi connectivity index (χ0v) is 16.5. The fraction of sp³-hybridized carbons (Fsp3) is 0.455. The Morgan fingerprint density at radius 2 is 2.00 bits per heavy atom. The van der Waals surface area contributed by atoms with Crippen LogP contribution in [0.1, 0.15) is 48.3 Å². The number of hydrogen-bond donors (Lipinski definition) is 0. The van der Waals surface area contributed by atoms with Gasteiger partial charge in [-0.1, -0.05) is 37.3 Å². The molecule has 0 radical (unpaired) electrons. The van der Waals surface area contributed by atoms with E-state index in [-0.39, 0.29) is 0 Å². The van der Waals surface area contributed by atoms with E-state index in [0.29, 0.717) is 5.92 Å². The molecular formula is C22H28N4O. The van der Waals surface area contributed by atoms with Crippen molar-refractivity contribution in [3.8, 4) is 11.3 Å². The summed E-state index contributed by atoms with van der Waals surface area (Å²) in [7, 11) is 0. The molecule has 142 valence electrons. The van der Waals surface area contributed by atoms with Gasteiger partial charge in [-0.2, -0.15) is 5.10 Å². The van der Waals surface area contributed by atoms with Gasteiger partial charge in [0.1, 0.15) is 0 Å². The predicted octanol–water partition coefficient (Wildman–Crippen LogP) is 4.33. The number of rotatable bonds is 6. The average Bonchev–Trinajstić information content (AvgIpc) is 3.39. The first-order chi connectivity index (χ1) is 13.2. The third-order valence-corrected chi connectivity index (χ3v) is 5.54.